The van der Waals surface area contributed by atoms with Gasteiger partial charge in [0.2, 0.25) is 0 Å². The van der Waals surface area contributed by atoms with E-state index >= 15 is 0 Å². The molecular formula is C30H38O5. The van der Waals surface area contributed by atoms with Gasteiger partial charge in [-0.1, -0.05) is 51.3 Å². The van der Waals surface area contributed by atoms with Crippen LogP contribution in [0.1, 0.15) is 81.3 Å². The number of Topliss-reactive ketones (excluding diaryl/α,β-unsaturated/α-hetero) is 1. The zero-order chi connectivity index (χ0) is 25.3. The molecule has 2 aromatic rings. The van der Waals surface area contributed by atoms with Gasteiger partial charge in [0.25, 0.3) is 0 Å². The number of ether oxygens (including phenoxy) is 2. The van der Waals surface area contributed by atoms with Crippen LogP contribution in [0.25, 0.3) is 0 Å². The van der Waals surface area contributed by atoms with E-state index in [2.05, 4.69) is 20.8 Å². The fourth-order valence-corrected chi connectivity index (χ4v) is 5.64. The number of ketones is 1. The number of carbonyl (C=O) groups is 1. The van der Waals surface area contributed by atoms with Crippen molar-refractivity contribution in [3.63, 3.8) is 0 Å². The average Bonchev–Trinajstić information content (AvgIpc) is 2.78. The monoisotopic (exact) mass is 478 g/mol. The van der Waals surface area contributed by atoms with Crippen LogP contribution in [-0.2, 0) is 6.42 Å². The summed E-state index contributed by atoms with van der Waals surface area (Å²) in [5.41, 5.74) is 3.12. The quantitative estimate of drug-likeness (QED) is 0.446. The standard InChI is InChI=1S/C30H38O5/c1-18(2)8-10-21-25(31)12-11-22-28(33)23(16-35-29(21)22)20-9-13-27(26(32)15-20)34-17-24-19(3)7-6-14-30(24,4)5/h8-9,11-13,15,19,23-24,31-32H,6-7,10,14,16-17H2,1-5H3. The molecule has 5 nitrogen and oxygen atoms in total. The minimum atomic E-state index is -0.527. The first-order chi connectivity index (χ1) is 16.6. The van der Waals surface area contributed by atoms with Crippen molar-refractivity contribution in [1.82, 2.24) is 0 Å². The number of benzene rings is 2. The van der Waals surface area contributed by atoms with Crippen molar-refractivity contribution in [3.8, 4) is 23.0 Å². The van der Waals surface area contributed by atoms with Crippen LogP contribution in [0.15, 0.2) is 42.0 Å². The van der Waals surface area contributed by atoms with E-state index in [1.165, 1.54) is 19.3 Å². The Hall–Kier alpha value is -2.95. The maximum absolute atomic E-state index is 13.4. The number of hydrogen-bond donors (Lipinski definition) is 2. The third-order valence-electron chi connectivity index (χ3n) is 7.90. The molecule has 0 bridgehead atoms. The number of phenolic OH excluding ortho intramolecular Hbond substituents is 2. The van der Waals surface area contributed by atoms with E-state index in [1.54, 1.807) is 24.3 Å². The topological polar surface area (TPSA) is 76.0 Å². The van der Waals surface area contributed by atoms with Gasteiger partial charge in [-0.15, -0.1) is 0 Å². The van der Waals surface area contributed by atoms with Crippen LogP contribution >= 0.6 is 0 Å². The van der Waals surface area contributed by atoms with Crippen LogP contribution in [0.3, 0.4) is 0 Å². The summed E-state index contributed by atoms with van der Waals surface area (Å²) in [6.07, 6.45) is 6.15. The molecule has 0 amide bonds. The van der Waals surface area contributed by atoms with Gasteiger partial charge in [-0.3, -0.25) is 4.79 Å². The number of rotatable bonds is 6. The van der Waals surface area contributed by atoms with Gasteiger partial charge in [-0.25, -0.2) is 0 Å². The molecule has 3 unspecified atom stereocenters. The highest BCUT2D eigenvalue weighted by atomic mass is 16.5. The van der Waals surface area contributed by atoms with Gasteiger partial charge < -0.3 is 19.7 Å². The molecule has 5 heteroatoms. The lowest BCUT2D eigenvalue weighted by molar-refractivity contribution is 0.0403. The maximum Gasteiger partial charge on any atom is 0.177 e. The predicted octanol–water partition coefficient (Wildman–Crippen LogP) is 6.81. The lowest BCUT2D eigenvalue weighted by atomic mass is 9.64. The Labute approximate surface area is 208 Å². The van der Waals surface area contributed by atoms with E-state index in [0.29, 0.717) is 53.1 Å². The van der Waals surface area contributed by atoms with Crippen LogP contribution in [0, 0.1) is 17.3 Å². The summed E-state index contributed by atoms with van der Waals surface area (Å²) >= 11 is 0. The molecule has 2 N–H and O–H groups in total. The van der Waals surface area contributed by atoms with Crippen molar-refractivity contribution in [2.24, 2.45) is 17.3 Å². The molecule has 1 heterocycles. The molecule has 0 spiro atoms. The normalized spacial score (nSPS) is 23.2. The molecule has 2 aromatic carbocycles. The lowest BCUT2D eigenvalue weighted by Gasteiger charge is -2.42. The Morgan fingerprint density at radius 1 is 1.17 bits per heavy atom. The molecule has 4 rings (SSSR count). The van der Waals surface area contributed by atoms with Crippen LogP contribution in [-0.4, -0.2) is 29.2 Å². The highest BCUT2D eigenvalue weighted by molar-refractivity contribution is 6.05. The summed E-state index contributed by atoms with van der Waals surface area (Å²) in [5, 5.41) is 21.1. The van der Waals surface area contributed by atoms with Gasteiger partial charge >= 0.3 is 0 Å². The van der Waals surface area contributed by atoms with Crippen LogP contribution in [0.5, 0.6) is 23.0 Å². The summed E-state index contributed by atoms with van der Waals surface area (Å²) in [5.74, 6) is 1.48. The molecule has 3 atom stereocenters. The van der Waals surface area contributed by atoms with Crippen molar-refractivity contribution in [2.75, 3.05) is 13.2 Å². The van der Waals surface area contributed by atoms with Gasteiger partial charge in [-0.05, 0) is 67.9 Å². The second-order valence-electron chi connectivity index (χ2n) is 11.2. The van der Waals surface area contributed by atoms with Crippen molar-refractivity contribution in [3.05, 3.63) is 58.7 Å². The van der Waals surface area contributed by atoms with E-state index in [9.17, 15) is 15.0 Å². The lowest BCUT2D eigenvalue weighted by Crippen LogP contribution is -2.37. The summed E-state index contributed by atoms with van der Waals surface area (Å²) in [6, 6.07) is 8.39. The minimum Gasteiger partial charge on any atom is -0.508 e. The largest absolute Gasteiger partial charge is 0.508 e. The summed E-state index contributed by atoms with van der Waals surface area (Å²) < 4.78 is 12.1. The summed E-state index contributed by atoms with van der Waals surface area (Å²) in [6.45, 7) is 11.6. The van der Waals surface area contributed by atoms with Gasteiger partial charge in [0, 0.05) is 11.5 Å². The first-order valence-corrected chi connectivity index (χ1v) is 12.7. The molecule has 1 aliphatic heterocycles. The summed E-state index contributed by atoms with van der Waals surface area (Å²) in [4.78, 5) is 13.4. The number of allylic oxidation sites excluding steroid dienone is 2. The smallest absolute Gasteiger partial charge is 0.177 e. The number of fused-ring (bicyclic) bond motifs is 1. The average molecular weight is 479 g/mol. The van der Waals surface area contributed by atoms with Crippen molar-refractivity contribution >= 4 is 5.78 Å². The second kappa shape index (κ2) is 9.96. The zero-order valence-electron chi connectivity index (χ0n) is 21.6. The summed E-state index contributed by atoms with van der Waals surface area (Å²) in [7, 11) is 0. The molecule has 2 aliphatic rings. The van der Waals surface area contributed by atoms with E-state index < -0.39 is 5.92 Å². The maximum atomic E-state index is 13.4. The van der Waals surface area contributed by atoms with Crippen LogP contribution < -0.4 is 9.47 Å². The van der Waals surface area contributed by atoms with Crippen molar-refractivity contribution < 1.29 is 24.5 Å². The number of carbonyl (C=O) groups excluding carboxylic acids is 1. The van der Waals surface area contributed by atoms with Gasteiger partial charge in [0.15, 0.2) is 17.3 Å². The molecule has 1 fully saturated rings. The Morgan fingerprint density at radius 3 is 2.63 bits per heavy atom. The molecule has 0 radical (unpaired) electrons. The molecule has 0 aromatic heterocycles. The Morgan fingerprint density at radius 2 is 1.94 bits per heavy atom. The number of aromatic hydroxyl groups is 2. The van der Waals surface area contributed by atoms with E-state index in [1.807, 2.05) is 26.0 Å². The first-order valence-electron chi connectivity index (χ1n) is 12.7. The first kappa shape index (κ1) is 25.2. The predicted molar refractivity (Wildman–Crippen MR) is 138 cm³/mol. The van der Waals surface area contributed by atoms with Gasteiger partial charge in [-0.2, -0.15) is 0 Å². The zero-order valence-corrected chi connectivity index (χ0v) is 21.6. The third kappa shape index (κ3) is 5.19. The molecule has 35 heavy (non-hydrogen) atoms. The fraction of sp³-hybridized carbons (Fsp3) is 0.500. The Bertz CT molecular complexity index is 1130. The van der Waals surface area contributed by atoms with E-state index in [-0.39, 0.29) is 29.3 Å². The number of phenols is 2. The minimum absolute atomic E-state index is 0.0392. The molecule has 188 valence electrons. The van der Waals surface area contributed by atoms with Gasteiger partial charge in [0.1, 0.15) is 18.1 Å². The number of hydrogen-bond acceptors (Lipinski definition) is 5. The highest BCUT2D eigenvalue weighted by Crippen LogP contribution is 2.45. The van der Waals surface area contributed by atoms with Crippen molar-refractivity contribution in [2.45, 2.75) is 66.2 Å². The molecular weight excluding hydrogens is 440 g/mol. The van der Waals surface area contributed by atoms with Crippen LogP contribution in [0.2, 0.25) is 0 Å². The second-order valence-corrected chi connectivity index (χ2v) is 11.2. The fourth-order valence-electron chi connectivity index (χ4n) is 5.64. The van der Waals surface area contributed by atoms with Crippen LogP contribution in [0.4, 0.5) is 0 Å². The Kier molecular flexibility index (Phi) is 7.16. The Balaban J connectivity index is 1.51. The molecule has 0 saturated heterocycles. The molecule has 1 aliphatic carbocycles. The van der Waals surface area contributed by atoms with Crippen molar-refractivity contribution in [1.29, 1.82) is 0 Å². The van der Waals surface area contributed by atoms with E-state index in [0.717, 1.165) is 5.57 Å². The SMILES string of the molecule is CC(C)=CCc1c(O)ccc2c1OCC(c1ccc(OCC3C(C)CCCC3(C)C)c(O)c1)C2=O. The third-order valence-corrected chi connectivity index (χ3v) is 7.90. The van der Waals surface area contributed by atoms with Gasteiger partial charge in [0.05, 0.1) is 18.1 Å². The van der Waals surface area contributed by atoms with E-state index in [4.69, 9.17) is 9.47 Å². The molecule has 1 saturated carbocycles. The highest BCUT2D eigenvalue weighted by Gasteiger charge is 2.37.